The molecular formula is C24H30N4O4. The molecule has 1 aliphatic carbocycles. The van der Waals surface area contributed by atoms with Crippen LogP contribution in [0.4, 0.5) is 0 Å². The quantitative estimate of drug-likeness (QED) is 0.743. The van der Waals surface area contributed by atoms with Gasteiger partial charge in [0.2, 0.25) is 5.91 Å². The molecule has 3 heterocycles. The maximum atomic E-state index is 12.8. The highest BCUT2D eigenvalue weighted by Crippen LogP contribution is 2.32. The standard InChI is InChI=1S/C24H30N4O4/c1-25-23(30)20-8-6-18(15-27-20)17-5-7-19(26-14-17)21-16-28(11-12-32-21)22(29)13-24(31)9-3-2-4-10-24/h5-8,14-15,21,31H,2-4,9-13,16H2,1H3,(H,25,30)/t21-/m0/s1. The van der Waals surface area contributed by atoms with Gasteiger partial charge in [0.15, 0.2) is 0 Å². The number of nitrogens with one attached hydrogen (secondary N) is 1. The van der Waals surface area contributed by atoms with E-state index in [2.05, 4.69) is 15.3 Å². The lowest BCUT2D eigenvalue weighted by molar-refractivity contribution is -0.145. The van der Waals surface area contributed by atoms with Crippen molar-refractivity contribution in [3.05, 3.63) is 48.0 Å². The summed E-state index contributed by atoms with van der Waals surface area (Å²) < 4.78 is 5.88. The zero-order chi connectivity index (χ0) is 22.6. The molecule has 2 fully saturated rings. The lowest BCUT2D eigenvalue weighted by Crippen LogP contribution is -2.46. The highest BCUT2D eigenvalue weighted by Gasteiger charge is 2.35. The summed E-state index contributed by atoms with van der Waals surface area (Å²) in [5, 5.41) is 13.3. The number of aliphatic hydroxyl groups is 1. The summed E-state index contributed by atoms with van der Waals surface area (Å²) >= 11 is 0. The molecule has 1 atom stereocenters. The van der Waals surface area contributed by atoms with Crippen LogP contribution in [0.25, 0.3) is 11.1 Å². The number of aromatic nitrogens is 2. The molecule has 1 saturated heterocycles. The van der Waals surface area contributed by atoms with E-state index >= 15 is 0 Å². The van der Waals surface area contributed by atoms with Crippen LogP contribution >= 0.6 is 0 Å². The van der Waals surface area contributed by atoms with Crippen LogP contribution < -0.4 is 5.32 Å². The molecule has 1 aliphatic heterocycles. The summed E-state index contributed by atoms with van der Waals surface area (Å²) in [6.07, 6.45) is 7.79. The first-order valence-corrected chi connectivity index (χ1v) is 11.2. The fourth-order valence-corrected chi connectivity index (χ4v) is 4.43. The van der Waals surface area contributed by atoms with Gasteiger partial charge in [-0.25, -0.2) is 0 Å². The van der Waals surface area contributed by atoms with Crippen LogP contribution in [0.15, 0.2) is 36.7 Å². The fourth-order valence-electron chi connectivity index (χ4n) is 4.43. The third-order valence-electron chi connectivity index (χ3n) is 6.36. The molecule has 1 saturated carbocycles. The second-order valence-electron chi connectivity index (χ2n) is 8.64. The van der Waals surface area contributed by atoms with Crippen LogP contribution in [0.1, 0.15) is 60.8 Å². The van der Waals surface area contributed by atoms with E-state index in [0.717, 1.165) is 36.1 Å². The molecule has 2 amide bonds. The molecule has 0 bridgehead atoms. The van der Waals surface area contributed by atoms with Gasteiger partial charge in [0.05, 0.1) is 30.9 Å². The Morgan fingerprint density at radius 3 is 2.47 bits per heavy atom. The van der Waals surface area contributed by atoms with Crippen LogP contribution in [-0.4, -0.2) is 64.1 Å². The minimum absolute atomic E-state index is 0.0124. The summed E-state index contributed by atoms with van der Waals surface area (Å²) in [4.78, 5) is 35.0. The van der Waals surface area contributed by atoms with Gasteiger partial charge in [-0.2, -0.15) is 0 Å². The van der Waals surface area contributed by atoms with Gasteiger partial charge in [-0.15, -0.1) is 0 Å². The molecular weight excluding hydrogens is 408 g/mol. The summed E-state index contributed by atoms with van der Waals surface area (Å²) in [6, 6.07) is 7.35. The van der Waals surface area contributed by atoms with E-state index in [9.17, 15) is 14.7 Å². The van der Waals surface area contributed by atoms with Gasteiger partial charge in [-0.1, -0.05) is 31.4 Å². The van der Waals surface area contributed by atoms with E-state index in [1.807, 2.05) is 18.2 Å². The minimum Gasteiger partial charge on any atom is -0.389 e. The number of morpholine rings is 1. The average Bonchev–Trinajstić information content (AvgIpc) is 2.84. The molecule has 8 heteroatoms. The van der Waals surface area contributed by atoms with Crippen molar-refractivity contribution in [2.45, 2.75) is 50.2 Å². The number of ether oxygens (including phenoxy) is 1. The number of carbonyl (C=O) groups excluding carboxylic acids is 2. The highest BCUT2D eigenvalue weighted by atomic mass is 16.5. The van der Waals surface area contributed by atoms with Crippen molar-refractivity contribution >= 4 is 11.8 Å². The predicted octanol–water partition coefficient (Wildman–Crippen LogP) is 2.49. The molecule has 0 radical (unpaired) electrons. The average molecular weight is 439 g/mol. The van der Waals surface area contributed by atoms with Crippen molar-refractivity contribution in [3.8, 4) is 11.1 Å². The number of nitrogens with zero attached hydrogens (tertiary/aromatic N) is 3. The zero-order valence-electron chi connectivity index (χ0n) is 18.4. The molecule has 2 aromatic heterocycles. The maximum Gasteiger partial charge on any atom is 0.269 e. The van der Waals surface area contributed by atoms with Gasteiger partial charge in [0.1, 0.15) is 11.8 Å². The molecule has 4 rings (SSSR count). The van der Waals surface area contributed by atoms with Gasteiger partial charge in [-0.05, 0) is 25.0 Å². The Balaban J connectivity index is 1.39. The van der Waals surface area contributed by atoms with Crippen LogP contribution in [0.5, 0.6) is 0 Å². The van der Waals surface area contributed by atoms with Crippen molar-refractivity contribution in [1.82, 2.24) is 20.2 Å². The molecule has 8 nitrogen and oxygen atoms in total. The Labute approximate surface area is 188 Å². The summed E-state index contributed by atoms with van der Waals surface area (Å²) in [5.74, 6) is -0.240. The lowest BCUT2D eigenvalue weighted by Gasteiger charge is -2.37. The van der Waals surface area contributed by atoms with E-state index in [4.69, 9.17) is 4.74 Å². The maximum absolute atomic E-state index is 12.8. The normalized spacial score (nSPS) is 20.6. The predicted molar refractivity (Wildman–Crippen MR) is 119 cm³/mol. The van der Waals surface area contributed by atoms with E-state index in [1.165, 1.54) is 0 Å². The van der Waals surface area contributed by atoms with Gasteiger partial charge >= 0.3 is 0 Å². The van der Waals surface area contributed by atoms with Gasteiger partial charge < -0.3 is 20.1 Å². The van der Waals surface area contributed by atoms with E-state index < -0.39 is 5.60 Å². The van der Waals surface area contributed by atoms with Crippen LogP contribution in [0, 0.1) is 0 Å². The highest BCUT2D eigenvalue weighted by molar-refractivity contribution is 5.92. The van der Waals surface area contributed by atoms with Crippen LogP contribution in [0.3, 0.4) is 0 Å². The summed E-state index contributed by atoms with van der Waals surface area (Å²) in [5.41, 5.74) is 2.01. The number of amides is 2. The van der Waals surface area contributed by atoms with Gasteiger partial charge in [-0.3, -0.25) is 19.6 Å². The second kappa shape index (κ2) is 9.75. The van der Waals surface area contributed by atoms with E-state index in [0.29, 0.717) is 38.2 Å². The Morgan fingerprint density at radius 1 is 1.12 bits per heavy atom. The first-order valence-electron chi connectivity index (χ1n) is 11.2. The summed E-state index contributed by atoms with van der Waals surface area (Å²) in [7, 11) is 1.57. The first kappa shape index (κ1) is 22.4. The molecule has 32 heavy (non-hydrogen) atoms. The van der Waals surface area contributed by atoms with Crippen molar-refractivity contribution in [1.29, 1.82) is 0 Å². The van der Waals surface area contributed by atoms with E-state index in [-0.39, 0.29) is 24.3 Å². The van der Waals surface area contributed by atoms with Gasteiger partial charge in [0, 0.05) is 37.1 Å². The number of hydrogen-bond donors (Lipinski definition) is 2. The lowest BCUT2D eigenvalue weighted by atomic mass is 9.82. The number of rotatable bonds is 5. The van der Waals surface area contributed by atoms with Crippen molar-refractivity contribution < 1.29 is 19.4 Å². The topological polar surface area (TPSA) is 105 Å². The molecule has 2 aromatic rings. The minimum atomic E-state index is -0.857. The monoisotopic (exact) mass is 438 g/mol. The summed E-state index contributed by atoms with van der Waals surface area (Å²) in [6.45, 7) is 1.42. The number of hydrogen-bond acceptors (Lipinski definition) is 6. The molecule has 0 aromatic carbocycles. The molecule has 0 unspecified atom stereocenters. The molecule has 170 valence electrons. The Bertz CT molecular complexity index is 939. The third kappa shape index (κ3) is 5.14. The fraction of sp³-hybridized carbons (Fsp3) is 0.500. The Morgan fingerprint density at radius 2 is 1.84 bits per heavy atom. The molecule has 2 N–H and O–H groups in total. The van der Waals surface area contributed by atoms with Crippen molar-refractivity contribution in [3.63, 3.8) is 0 Å². The van der Waals surface area contributed by atoms with Gasteiger partial charge in [0.25, 0.3) is 5.91 Å². The van der Waals surface area contributed by atoms with Crippen molar-refractivity contribution in [2.75, 3.05) is 26.7 Å². The second-order valence-corrected chi connectivity index (χ2v) is 8.64. The number of pyridine rings is 2. The smallest absolute Gasteiger partial charge is 0.269 e. The largest absolute Gasteiger partial charge is 0.389 e. The van der Waals surface area contributed by atoms with Crippen LogP contribution in [-0.2, 0) is 9.53 Å². The molecule has 2 aliphatic rings. The van der Waals surface area contributed by atoms with Crippen molar-refractivity contribution in [2.24, 2.45) is 0 Å². The van der Waals surface area contributed by atoms with E-state index in [1.54, 1.807) is 30.4 Å². The Hall–Kier alpha value is -2.84. The first-order chi connectivity index (χ1) is 15.5. The molecule has 0 spiro atoms. The Kier molecular flexibility index (Phi) is 6.81. The number of carbonyl (C=O) groups is 2. The van der Waals surface area contributed by atoms with Crippen LogP contribution in [0.2, 0.25) is 0 Å². The zero-order valence-corrected chi connectivity index (χ0v) is 18.4. The third-order valence-corrected chi connectivity index (χ3v) is 6.36. The SMILES string of the molecule is CNC(=O)c1ccc(-c2ccc([C@@H]3CN(C(=O)CC4(O)CCCCC4)CCO3)nc2)cn1.